The van der Waals surface area contributed by atoms with Crippen molar-refractivity contribution >= 4 is 39.1 Å². The molecule has 1 rings (SSSR count). The average molecular weight is 346 g/mol. The van der Waals surface area contributed by atoms with E-state index < -0.39 is 5.97 Å². The van der Waals surface area contributed by atoms with Gasteiger partial charge in [0.15, 0.2) is 6.61 Å². The van der Waals surface area contributed by atoms with Gasteiger partial charge in [0.2, 0.25) is 0 Å². The topological polar surface area (TPSA) is 61.5 Å². The number of halogens is 1. The number of unbranched alkanes of at least 4 members (excludes halogenated alkanes) is 1. The van der Waals surface area contributed by atoms with Gasteiger partial charge in [0, 0.05) is 4.47 Å². The van der Waals surface area contributed by atoms with Gasteiger partial charge >= 0.3 is 5.97 Å². The van der Waals surface area contributed by atoms with Crippen molar-refractivity contribution in [2.45, 2.75) is 19.8 Å². The fourth-order valence-corrected chi connectivity index (χ4v) is 1.85. The van der Waals surface area contributed by atoms with Crippen molar-refractivity contribution in [3.05, 3.63) is 28.2 Å². The lowest BCUT2D eigenvalue weighted by Gasteiger charge is -2.10. The summed E-state index contributed by atoms with van der Waals surface area (Å²) in [6.45, 7) is 2.29. The standard InChI is InChI=1S/C13H16BrNO3S/c1-2-3-6-17-12(16)8-18-11-5-4-9(14)7-10(11)13(15)19/h4-5,7H,2-3,6,8H2,1H3,(H2,15,19). The predicted octanol–water partition coefficient (Wildman–Crippen LogP) is 2.81. The number of benzene rings is 1. The molecule has 0 aliphatic rings. The van der Waals surface area contributed by atoms with Gasteiger partial charge in [-0.15, -0.1) is 0 Å². The molecule has 0 bridgehead atoms. The first-order chi connectivity index (χ1) is 9.04. The maximum Gasteiger partial charge on any atom is 0.344 e. The second kappa shape index (κ2) is 8.12. The molecule has 19 heavy (non-hydrogen) atoms. The smallest absolute Gasteiger partial charge is 0.344 e. The second-order valence-electron chi connectivity index (χ2n) is 3.87. The van der Waals surface area contributed by atoms with E-state index in [0.29, 0.717) is 17.9 Å². The predicted molar refractivity (Wildman–Crippen MR) is 81.4 cm³/mol. The van der Waals surface area contributed by atoms with Crippen molar-refractivity contribution in [2.75, 3.05) is 13.2 Å². The molecule has 0 saturated carbocycles. The fraction of sp³-hybridized carbons (Fsp3) is 0.385. The lowest BCUT2D eigenvalue weighted by Crippen LogP contribution is -2.18. The van der Waals surface area contributed by atoms with Gasteiger partial charge in [0.25, 0.3) is 0 Å². The molecule has 0 radical (unpaired) electrons. The van der Waals surface area contributed by atoms with Crippen molar-refractivity contribution in [3.8, 4) is 5.75 Å². The third kappa shape index (κ3) is 5.57. The molecule has 0 spiro atoms. The second-order valence-corrected chi connectivity index (χ2v) is 5.22. The van der Waals surface area contributed by atoms with Gasteiger partial charge in [-0.25, -0.2) is 4.79 Å². The number of nitrogens with two attached hydrogens (primary N) is 1. The van der Waals surface area contributed by atoms with E-state index in [1.54, 1.807) is 18.2 Å². The summed E-state index contributed by atoms with van der Waals surface area (Å²) < 4.78 is 11.2. The number of rotatable bonds is 7. The number of hydrogen-bond donors (Lipinski definition) is 1. The van der Waals surface area contributed by atoms with Gasteiger partial charge in [-0.1, -0.05) is 41.5 Å². The number of hydrogen-bond acceptors (Lipinski definition) is 4. The summed E-state index contributed by atoms with van der Waals surface area (Å²) in [5.74, 6) is 0.0772. The molecule has 6 heteroatoms. The minimum Gasteiger partial charge on any atom is -0.481 e. The van der Waals surface area contributed by atoms with E-state index in [4.69, 9.17) is 27.4 Å². The number of thiocarbonyl (C=S) groups is 1. The van der Waals surface area contributed by atoms with Gasteiger partial charge < -0.3 is 15.2 Å². The van der Waals surface area contributed by atoms with Crippen molar-refractivity contribution in [3.63, 3.8) is 0 Å². The summed E-state index contributed by atoms with van der Waals surface area (Å²) >= 11 is 8.26. The summed E-state index contributed by atoms with van der Waals surface area (Å²) in [4.78, 5) is 11.6. The van der Waals surface area contributed by atoms with Crippen LogP contribution in [0.4, 0.5) is 0 Å². The van der Waals surface area contributed by atoms with Gasteiger partial charge in [-0.2, -0.15) is 0 Å². The number of carbonyl (C=O) groups is 1. The van der Waals surface area contributed by atoms with Crippen LogP contribution in [0.3, 0.4) is 0 Å². The number of carbonyl (C=O) groups excluding carboxylic acids is 1. The molecule has 1 aromatic rings. The Balaban J connectivity index is 2.57. The lowest BCUT2D eigenvalue weighted by atomic mass is 10.2. The summed E-state index contributed by atoms with van der Waals surface area (Å²) in [5, 5.41) is 0. The van der Waals surface area contributed by atoms with Crippen molar-refractivity contribution < 1.29 is 14.3 Å². The fourth-order valence-electron chi connectivity index (χ4n) is 1.33. The van der Waals surface area contributed by atoms with Gasteiger partial charge in [0.1, 0.15) is 10.7 Å². The van der Waals surface area contributed by atoms with E-state index in [-0.39, 0.29) is 11.6 Å². The minimum absolute atomic E-state index is 0.152. The van der Waals surface area contributed by atoms with E-state index in [1.807, 2.05) is 6.92 Å². The lowest BCUT2D eigenvalue weighted by molar-refractivity contribution is -0.146. The molecule has 4 nitrogen and oxygen atoms in total. The molecule has 0 unspecified atom stereocenters. The Morgan fingerprint density at radius 2 is 2.21 bits per heavy atom. The van der Waals surface area contributed by atoms with Crippen LogP contribution in [0.2, 0.25) is 0 Å². The summed E-state index contributed by atoms with van der Waals surface area (Å²) in [7, 11) is 0. The maximum absolute atomic E-state index is 11.4. The Kier molecular flexibility index (Phi) is 6.80. The van der Waals surface area contributed by atoms with Gasteiger partial charge in [0.05, 0.1) is 12.2 Å². The minimum atomic E-state index is -0.398. The molecule has 0 fully saturated rings. The van der Waals surface area contributed by atoms with Crippen LogP contribution in [-0.4, -0.2) is 24.2 Å². The van der Waals surface area contributed by atoms with Crippen LogP contribution in [0.1, 0.15) is 25.3 Å². The number of esters is 1. The van der Waals surface area contributed by atoms with Crippen LogP contribution in [-0.2, 0) is 9.53 Å². The van der Waals surface area contributed by atoms with Crippen LogP contribution in [0, 0.1) is 0 Å². The molecule has 0 aliphatic carbocycles. The van der Waals surface area contributed by atoms with Crippen LogP contribution >= 0.6 is 28.1 Å². The normalized spacial score (nSPS) is 10.0. The highest BCUT2D eigenvalue weighted by Crippen LogP contribution is 2.23. The Bertz CT molecular complexity index is 465. The molecule has 0 amide bonds. The molecular formula is C13H16BrNO3S. The van der Waals surface area contributed by atoms with Crippen molar-refractivity contribution in [2.24, 2.45) is 5.73 Å². The number of ether oxygens (including phenoxy) is 2. The Morgan fingerprint density at radius 3 is 2.84 bits per heavy atom. The SMILES string of the molecule is CCCCOC(=O)COc1ccc(Br)cc1C(N)=S. The van der Waals surface area contributed by atoms with Gasteiger partial charge in [-0.05, 0) is 24.6 Å². The average Bonchev–Trinajstić information content (AvgIpc) is 2.37. The highest BCUT2D eigenvalue weighted by atomic mass is 79.9. The summed E-state index contributed by atoms with van der Waals surface area (Å²) in [5.41, 5.74) is 6.19. The molecule has 1 aromatic carbocycles. The molecule has 0 saturated heterocycles. The Labute approximate surface area is 126 Å². The Hall–Kier alpha value is -1.14. The quantitative estimate of drug-likeness (QED) is 0.467. The third-order valence-electron chi connectivity index (χ3n) is 2.31. The zero-order valence-electron chi connectivity index (χ0n) is 10.6. The van der Waals surface area contributed by atoms with E-state index in [0.717, 1.165) is 17.3 Å². The first kappa shape index (κ1) is 15.9. The zero-order valence-corrected chi connectivity index (χ0v) is 13.1. The molecule has 104 valence electrons. The first-order valence-corrected chi connectivity index (χ1v) is 7.12. The van der Waals surface area contributed by atoms with Crippen LogP contribution in [0.15, 0.2) is 22.7 Å². The summed E-state index contributed by atoms with van der Waals surface area (Å²) in [6, 6.07) is 5.25. The van der Waals surface area contributed by atoms with E-state index >= 15 is 0 Å². The van der Waals surface area contributed by atoms with Crippen LogP contribution in [0.25, 0.3) is 0 Å². The molecule has 0 aliphatic heterocycles. The molecule has 0 heterocycles. The molecule has 0 atom stereocenters. The van der Waals surface area contributed by atoms with Gasteiger partial charge in [-0.3, -0.25) is 0 Å². The van der Waals surface area contributed by atoms with E-state index in [1.165, 1.54) is 0 Å². The van der Waals surface area contributed by atoms with Crippen LogP contribution < -0.4 is 10.5 Å². The highest BCUT2D eigenvalue weighted by molar-refractivity contribution is 9.10. The monoisotopic (exact) mass is 345 g/mol. The highest BCUT2D eigenvalue weighted by Gasteiger charge is 2.10. The maximum atomic E-state index is 11.4. The van der Waals surface area contributed by atoms with Crippen LogP contribution in [0.5, 0.6) is 5.75 Å². The third-order valence-corrected chi connectivity index (χ3v) is 3.03. The Morgan fingerprint density at radius 1 is 1.47 bits per heavy atom. The molecule has 2 N–H and O–H groups in total. The zero-order chi connectivity index (χ0) is 14.3. The largest absolute Gasteiger partial charge is 0.481 e. The molecular weight excluding hydrogens is 330 g/mol. The van der Waals surface area contributed by atoms with Crippen molar-refractivity contribution in [1.82, 2.24) is 0 Å². The molecule has 0 aromatic heterocycles. The summed E-state index contributed by atoms with van der Waals surface area (Å²) in [6.07, 6.45) is 1.83. The van der Waals surface area contributed by atoms with E-state index in [2.05, 4.69) is 15.9 Å². The first-order valence-electron chi connectivity index (χ1n) is 5.92. The van der Waals surface area contributed by atoms with Crippen molar-refractivity contribution in [1.29, 1.82) is 0 Å². The van der Waals surface area contributed by atoms with E-state index in [9.17, 15) is 4.79 Å².